The van der Waals surface area contributed by atoms with E-state index in [0.717, 1.165) is 12.1 Å². The predicted molar refractivity (Wildman–Crippen MR) is 44.0 cm³/mol. The second-order valence-corrected chi connectivity index (χ2v) is 2.16. The molecular weight excluding hydrogens is 138 g/mol. The maximum atomic E-state index is 3.97. The predicted octanol–water partition coefficient (Wildman–Crippen LogP) is 1.41. The topological polar surface area (TPSA) is 30.7 Å². The molecule has 0 amide bonds. The van der Waals surface area contributed by atoms with E-state index < -0.39 is 0 Å². The van der Waals surface area contributed by atoms with E-state index in [2.05, 4.69) is 16.7 Å². The SMILES string of the molecule is C=C/C(=C\C)Cn1cncn1. The summed E-state index contributed by atoms with van der Waals surface area (Å²) in [5, 5.41) is 3.97. The number of nitrogens with zero attached hydrogens (tertiary/aromatic N) is 3. The molecule has 58 valence electrons. The Hall–Kier alpha value is -1.38. The van der Waals surface area contributed by atoms with Crippen LogP contribution in [-0.4, -0.2) is 14.8 Å². The molecule has 1 heterocycles. The third kappa shape index (κ3) is 2.04. The van der Waals surface area contributed by atoms with Crippen LogP contribution in [0.5, 0.6) is 0 Å². The number of aromatic nitrogens is 3. The van der Waals surface area contributed by atoms with Crippen molar-refractivity contribution in [2.45, 2.75) is 13.5 Å². The summed E-state index contributed by atoms with van der Waals surface area (Å²) in [5.41, 5.74) is 1.15. The van der Waals surface area contributed by atoms with Gasteiger partial charge in [-0.3, -0.25) is 0 Å². The van der Waals surface area contributed by atoms with E-state index in [1.165, 1.54) is 6.33 Å². The Balaban J connectivity index is 2.62. The average molecular weight is 149 g/mol. The second-order valence-electron chi connectivity index (χ2n) is 2.16. The minimum Gasteiger partial charge on any atom is -0.249 e. The largest absolute Gasteiger partial charge is 0.249 e. The van der Waals surface area contributed by atoms with Gasteiger partial charge >= 0.3 is 0 Å². The average Bonchev–Trinajstić information content (AvgIpc) is 2.52. The van der Waals surface area contributed by atoms with Gasteiger partial charge in [0, 0.05) is 0 Å². The first-order valence-corrected chi connectivity index (χ1v) is 3.47. The Morgan fingerprint density at radius 1 is 1.73 bits per heavy atom. The first-order valence-electron chi connectivity index (χ1n) is 3.47. The van der Waals surface area contributed by atoms with Gasteiger partial charge in [-0.2, -0.15) is 5.10 Å². The molecule has 0 fully saturated rings. The highest BCUT2D eigenvalue weighted by atomic mass is 15.3. The molecular formula is C8H11N3. The lowest BCUT2D eigenvalue weighted by atomic mass is 10.2. The molecule has 0 aliphatic heterocycles. The maximum Gasteiger partial charge on any atom is 0.137 e. The Morgan fingerprint density at radius 2 is 2.55 bits per heavy atom. The number of allylic oxidation sites excluding steroid dienone is 3. The molecule has 3 heteroatoms. The Labute approximate surface area is 66.1 Å². The van der Waals surface area contributed by atoms with Gasteiger partial charge in [0.2, 0.25) is 0 Å². The molecule has 0 N–H and O–H groups in total. The maximum absolute atomic E-state index is 3.97. The number of hydrogen-bond donors (Lipinski definition) is 0. The van der Waals surface area contributed by atoms with Crippen LogP contribution in [0.25, 0.3) is 0 Å². The third-order valence-corrected chi connectivity index (χ3v) is 1.44. The van der Waals surface area contributed by atoms with Crippen molar-refractivity contribution in [3.63, 3.8) is 0 Å². The quantitative estimate of drug-likeness (QED) is 0.608. The van der Waals surface area contributed by atoms with Crippen LogP contribution in [0, 0.1) is 0 Å². The fourth-order valence-corrected chi connectivity index (χ4v) is 0.775. The molecule has 0 unspecified atom stereocenters. The number of rotatable bonds is 3. The minimum absolute atomic E-state index is 0.750. The van der Waals surface area contributed by atoms with E-state index in [9.17, 15) is 0 Å². The fraction of sp³-hybridized carbons (Fsp3) is 0.250. The summed E-state index contributed by atoms with van der Waals surface area (Å²) >= 11 is 0. The van der Waals surface area contributed by atoms with Gasteiger partial charge in [0.15, 0.2) is 0 Å². The molecule has 0 saturated carbocycles. The molecule has 0 aliphatic rings. The van der Waals surface area contributed by atoms with E-state index in [4.69, 9.17) is 0 Å². The zero-order chi connectivity index (χ0) is 8.10. The van der Waals surface area contributed by atoms with Crippen molar-refractivity contribution in [2.75, 3.05) is 0 Å². The van der Waals surface area contributed by atoms with Crippen molar-refractivity contribution in [3.8, 4) is 0 Å². The summed E-state index contributed by atoms with van der Waals surface area (Å²) in [7, 11) is 0. The van der Waals surface area contributed by atoms with E-state index in [1.54, 1.807) is 11.0 Å². The first-order chi connectivity index (χ1) is 5.36. The Kier molecular flexibility index (Phi) is 2.60. The van der Waals surface area contributed by atoms with Crippen molar-refractivity contribution in [2.24, 2.45) is 0 Å². The first kappa shape index (κ1) is 7.72. The molecule has 0 aliphatic carbocycles. The summed E-state index contributed by atoms with van der Waals surface area (Å²) in [6, 6.07) is 0. The lowest BCUT2D eigenvalue weighted by Gasteiger charge is -1.98. The van der Waals surface area contributed by atoms with Crippen LogP contribution in [0.2, 0.25) is 0 Å². The second kappa shape index (κ2) is 3.71. The van der Waals surface area contributed by atoms with Crippen molar-refractivity contribution in [1.82, 2.24) is 14.8 Å². The molecule has 0 saturated heterocycles. The highest BCUT2D eigenvalue weighted by Gasteiger charge is 1.91. The fourth-order valence-electron chi connectivity index (χ4n) is 0.775. The van der Waals surface area contributed by atoms with Gasteiger partial charge in [0.1, 0.15) is 12.7 Å². The summed E-state index contributed by atoms with van der Waals surface area (Å²) in [4.78, 5) is 3.83. The molecule has 0 radical (unpaired) electrons. The summed E-state index contributed by atoms with van der Waals surface area (Å²) in [6.45, 7) is 6.41. The lowest BCUT2D eigenvalue weighted by Crippen LogP contribution is -1.99. The van der Waals surface area contributed by atoms with Crippen LogP contribution < -0.4 is 0 Å². The molecule has 1 aromatic rings. The van der Waals surface area contributed by atoms with Crippen molar-refractivity contribution < 1.29 is 0 Å². The van der Waals surface area contributed by atoms with Gasteiger partial charge in [-0.1, -0.05) is 18.7 Å². The van der Waals surface area contributed by atoms with E-state index in [-0.39, 0.29) is 0 Å². The van der Waals surface area contributed by atoms with Gasteiger partial charge in [-0.25, -0.2) is 9.67 Å². The van der Waals surface area contributed by atoms with Gasteiger partial charge in [-0.05, 0) is 12.5 Å². The van der Waals surface area contributed by atoms with Crippen LogP contribution in [0.1, 0.15) is 6.92 Å². The molecule has 0 aromatic carbocycles. The normalized spacial score (nSPS) is 11.5. The van der Waals surface area contributed by atoms with Gasteiger partial charge in [0.05, 0.1) is 6.54 Å². The minimum atomic E-state index is 0.750. The summed E-state index contributed by atoms with van der Waals surface area (Å²) in [6.07, 6.45) is 7.04. The van der Waals surface area contributed by atoms with Crippen molar-refractivity contribution >= 4 is 0 Å². The monoisotopic (exact) mass is 149 g/mol. The number of hydrogen-bond acceptors (Lipinski definition) is 2. The lowest BCUT2D eigenvalue weighted by molar-refractivity contribution is 0.683. The van der Waals surface area contributed by atoms with E-state index in [0.29, 0.717) is 0 Å². The standard InChI is InChI=1S/C8H11N3/c1-3-8(4-2)5-11-7-9-6-10-11/h3-4,6-7H,1,5H2,2H3/b8-4+. The van der Waals surface area contributed by atoms with Crippen molar-refractivity contribution in [3.05, 3.63) is 37.0 Å². The molecule has 1 rings (SSSR count). The molecule has 0 spiro atoms. The van der Waals surface area contributed by atoms with Crippen LogP contribution in [0.4, 0.5) is 0 Å². The smallest absolute Gasteiger partial charge is 0.137 e. The van der Waals surface area contributed by atoms with Gasteiger partial charge in [0.25, 0.3) is 0 Å². The highest BCUT2D eigenvalue weighted by molar-refractivity contribution is 5.14. The Morgan fingerprint density at radius 3 is 3.00 bits per heavy atom. The van der Waals surface area contributed by atoms with E-state index >= 15 is 0 Å². The van der Waals surface area contributed by atoms with Crippen LogP contribution >= 0.6 is 0 Å². The van der Waals surface area contributed by atoms with Gasteiger partial charge < -0.3 is 0 Å². The van der Waals surface area contributed by atoms with Crippen LogP contribution in [-0.2, 0) is 6.54 Å². The zero-order valence-electron chi connectivity index (χ0n) is 6.57. The van der Waals surface area contributed by atoms with Crippen molar-refractivity contribution in [1.29, 1.82) is 0 Å². The Bertz CT molecular complexity index is 246. The summed E-state index contributed by atoms with van der Waals surface area (Å²) < 4.78 is 1.76. The molecule has 3 nitrogen and oxygen atoms in total. The molecule has 11 heavy (non-hydrogen) atoms. The molecule has 1 aromatic heterocycles. The highest BCUT2D eigenvalue weighted by Crippen LogP contribution is 1.97. The zero-order valence-corrected chi connectivity index (χ0v) is 6.57. The molecule has 0 bridgehead atoms. The van der Waals surface area contributed by atoms with Gasteiger partial charge in [-0.15, -0.1) is 0 Å². The molecule has 0 atom stereocenters. The third-order valence-electron chi connectivity index (χ3n) is 1.44. The van der Waals surface area contributed by atoms with Crippen LogP contribution in [0.15, 0.2) is 37.0 Å². The van der Waals surface area contributed by atoms with E-state index in [1.807, 2.05) is 19.1 Å². The van der Waals surface area contributed by atoms with Crippen LogP contribution in [0.3, 0.4) is 0 Å². The summed E-state index contributed by atoms with van der Waals surface area (Å²) in [5.74, 6) is 0.